The fourth-order valence-corrected chi connectivity index (χ4v) is 2.46. The number of halogens is 1. The van der Waals surface area contributed by atoms with Crippen molar-refractivity contribution in [3.8, 4) is 0 Å². The Morgan fingerprint density at radius 2 is 1.89 bits per heavy atom. The van der Waals surface area contributed by atoms with Gasteiger partial charge in [-0.2, -0.15) is 0 Å². The van der Waals surface area contributed by atoms with Crippen LogP contribution in [0.1, 0.15) is 0 Å². The summed E-state index contributed by atoms with van der Waals surface area (Å²) in [7, 11) is -3.73. The van der Waals surface area contributed by atoms with Crippen LogP contribution in [-0.2, 0) is 10.0 Å². The van der Waals surface area contributed by atoms with Gasteiger partial charge in [-0.05, 0) is 40.2 Å². The highest BCUT2D eigenvalue weighted by Crippen LogP contribution is 2.23. The van der Waals surface area contributed by atoms with Crippen molar-refractivity contribution in [2.45, 2.75) is 4.90 Å². The number of sulfonamides is 1. The minimum atomic E-state index is -3.73. The molecule has 0 aliphatic heterocycles. The molecule has 2 rings (SSSR count). The molecule has 0 bridgehead atoms. The minimum absolute atomic E-state index is 0.0130. The molecule has 0 saturated carbocycles. The zero-order valence-electron chi connectivity index (χ0n) is 9.04. The third kappa shape index (κ3) is 2.77. The predicted octanol–water partition coefficient (Wildman–Crippen LogP) is 1.62. The molecule has 94 valence electrons. The second-order valence-corrected chi connectivity index (χ2v) is 5.90. The Morgan fingerprint density at radius 3 is 2.50 bits per heavy atom. The average Bonchev–Trinajstić information content (AvgIpc) is 2.33. The van der Waals surface area contributed by atoms with Crippen LogP contribution in [0.4, 0.5) is 11.6 Å². The largest absolute Gasteiger partial charge is 0.398 e. The van der Waals surface area contributed by atoms with Crippen molar-refractivity contribution in [1.29, 1.82) is 0 Å². The van der Waals surface area contributed by atoms with E-state index in [2.05, 4.69) is 30.6 Å². The SMILES string of the molecule is Nc1cc(S(=O)(=O)Nc2ncccn2)ccc1Br. The number of nitrogens with zero attached hydrogens (tertiary/aromatic N) is 2. The maximum atomic E-state index is 12.0. The van der Waals surface area contributed by atoms with Crippen LogP contribution >= 0.6 is 15.9 Å². The van der Waals surface area contributed by atoms with Gasteiger partial charge in [-0.15, -0.1) is 0 Å². The Bertz CT molecular complexity index is 661. The number of benzene rings is 1. The van der Waals surface area contributed by atoms with Gasteiger partial charge >= 0.3 is 0 Å². The molecule has 0 spiro atoms. The topological polar surface area (TPSA) is 98.0 Å². The second-order valence-electron chi connectivity index (χ2n) is 3.36. The molecule has 18 heavy (non-hydrogen) atoms. The second kappa shape index (κ2) is 4.91. The zero-order valence-corrected chi connectivity index (χ0v) is 11.4. The van der Waals surface area contributed by atoms with Gasteiger partial charge in [0.15, 0.2) is 0 Å². The Balaban J connectivity index is 2.34. The van der Waals surface area contributed by atoms with Crippen LogP contribution in [-0.4, -0.2) is 18.4 Å². The van der Waals surface area contributed by atoms with Gasteiger partial charge < -0.3 is 5.73 Å². The van der Waals surface area contributed by atoms with Crippen molar-refractivity contribution in [2.24, 2.45) is 0 Å². The number of aromatic nitrogens is 2. The van der Waals surface area contributed by atoms with E-state index in [9.17, 15) is 8.42 Å². The van der Waals surface area contributed by atoms with Crippen molar-refractivity contribution in [1.82, 2.24) is 9.97 Å². The predicted molar refractivity (Wildman–Crippen MR) is 71.4 cm³/mol. The summed E-state index contributed by atoms with van der Waals surface area (Å²) in [4.78, 5) is 7.63. The summed E-state index contributed by atoms with van der Waals surface area (Å²) in [6.07, 6.45) is 2.89. The Hall–Kier alpha value is -1.67. The van der Waals surface area contributed by atoms with Gasteiger partial charge in [0, 0.05) is 22.6 Å². The van der Waals surface area contributed by atoms with Gasteiger partial charge in [0.1, 0.15) is 0 Å². The first-order valence-corrected chi connectivity index (χ1v) is 7.11. The van der Waals surface area contributed by atoms with Gasteiger partial charge in [-0.3, -0.25) is 0 Å². The maximum absolute atomic E-state index is 12.0. The molecule has 0 radical (unpaired) electrons. The molecule has 1 aromatic heterocycles. The summed E-state index contributed by atoms with van der Waals surface area (Å²) in [5, 5.41) is 0. The summed E-state index contributed by atoms with van der Waals surface area (Å²) >= 11 is 3.20. The standard InChI is InChI=1S/C10H9BrN4O2S/c11-8-3-2-7(6-9(8)12)18(16,17)15-10-13-4-1-5-14-10/h1-6H,12H2,(H,13,14,15). The van der Waals surface area contributed by atoms with Crippen LogP contribution in [0.3, 0.4) is 0 Å². The van der Waals surface area contributed by atoms with E-state index in [4.69, 9.17) is 5.73 Å². The summed E-state index contributed by atoms with van der Waals surface area (Å²) in [6.45, 7) is 0. The molecule has 3 N–H and O–H groups in total. The van der Waals surface area contributed by atoms with Crippen LogP contribution in [0.25, 0.3) is 0 Å². The van der Waals surface area contributed by atoms with Gasteiger partial charge in [-0.1, -0.05) is 0 Å². The van der Waals surface area contributed by atoms with Crippen LogP contribution in [0.2, 0.25) is 0 Å². The first-order chi connectivity index (χ1) is 8.49. The smallest absolute Gasteiger partial charge is 0.264 e. The highest BCUT2D eigenvalue weighted by molar-refractivity contribution is 9.10. The molecular formula is C10H9BrN4O2S. The van der Waals surface area contributed by atoms with E-state index in [1.54, 1.807) is 12.1 Å². The van der Waals surface area contributed by atoms with E-state index in [1.807, 2.05) is 0 Å². The summed E-state index contributed by atoms with van der Waals surface area (Å²) in [5.41, 5.74) is 5.98. The number of hydrogen-bond acceptors (Lipinski definition) is 5. The number of hydrogen-bond donors (Lipinski definition) is 2. The number of rotatable bonds is 3. The van der Waals surface area contributed by atoms with Gasteiger partial charge in [-0.25, -0.2) is 23.1 Å². The number of nitrogen functional groups attached to an aromatic ring is 1. The van der Waals surface area contributed by atoms with Gasteiger partial charge in [0.2, 0.25) is 5.95 Å². The van der Waals surface area contributed by atoms with E-state index >= 15 is 0 Å². The molecule has 1 aromatic carbocycles. The number of nitrogens with two attached hydrogens (primary N) is 1. The molecule has 0 fully saturated rings. The summed E-state index contributed by atoms with van der Waals surface area (Å²) in [6, 6.07) is 5.95. The molecule has 8 heteroatoms. The quantitative estimate of drug-likeness (QED) is 0.834. The van der Waals surface area contributed by atoms with E-state index < -0.39 is 10.0 Å². The summed E-state index contributed by atoms with van der Waals surface area (Å²) in [5.74, 6) is 0.0130. The number of nitrogens with one attached hydrogen (secondary N) is 1. The van der Waals surface area contributed by atoms with Crippen molar-refractivity contribution in [3.63, 3.8) is 0 Å². The first-order valence-electron chi connectivity index (χ1n) is 4.84. The molecular weight excluding hydrogens is 320 g/mol. The van der Waals surface area contributed by atoms with Crippen molar-refractivity contribution >= 4 is 37.6 Å². The monoisotopic (exact) mass is 328 g/mol. The molecule has 0 aliphatic carbocycles. The van der Waals surface area contributed by atoms with E-state index in [1.165, 1.54) is 24.5 Å². The van der Waals surface area contributed by atoms with Crippen molar-refractivity contribution in [2.75, 3.05) is 10.5 Å². The molecule has 0 amide bonds. The van der Waals surface area contributed by atoms with Gasteiger partial charge in [0.25, 0.3) is 10.0 Å². The molecule has 0 saturated heterocycles. The fourth-order valence-electron chi connectivity index (χ4n) is 1.22. The lowest BCUT2D eigenvalue weighted by atomic mass is 10.3. The maximum Gasteiger partial charge on any atom is 0.264 e. The molecule has 6 nitrogen and oxygen atoms in total. The third-order valence-electron chi connectivity index (χ3n) is 2.07. The Labute approximate surface area is 112 Å². The van der Waals surface area contributed by atoms with Crippen LogP contribution in [0.15, 0.2) is 46.0 Å². The lowest BCUT2D eigenvalue weighted by Gasteiger charge is -2.07. The highest BCUT2D eigenvalue weighted by Gasteiger charge is 2.16. The van der Waals surface area contributed by atoms with Crippen molar-refractivity contribution < 1.29 is 8.42 Å². The molecule has 0 unspecified atom stereocenters. The van der Waals surface area contributed by atoms with E-state index in [-0.39, 0.29) is 10.8 Å². The Kier molecular flexibility index (Phi) is 3.48. The van der Waals surface area contributed by atoms with E-state index in [0.717, 1.165) is 0 Å². The van der Waals surface area contributed by atoms with Crippen molar-refractivity contribution in [3.05, 3.63) is 41.1 Å². The van der Waals surface area contributed by atoms with E-state index in [0.29, 0.717) is 10.2 Å². The summed E-state index contributed by atoms with van der Waals surface area (Å²) < 4.78 is 26.9. The third-order valence-corrected chi connectivity index (χ3v) is 4.12. The fraction of sp³-hybridized carbons (Fsp3) is 0. The average molecular weight is 329 g/mol. The first kappa shape index (κ1) is 12.8. The highest BCUT2D eigenvalue weighted by atomic mass is 79.9. The van der Waals surface area contributed by atoms with Crippen LogP contribution in [0, 0.1) is 0 Å². The normalized spacial score (nSPS) is 11.2. The molecule has 1 heterocycles. The minimum Gasteiger partial charge on any atom is -0.398 e. The van der Waals surface area contributed by atoms with Gasteiger partial charge in [0.05, 0.1) is 4.90 Å². The van der Waals surface area contributed by atoms with Crippen LogP contribution in [0.5, 0.6) is 0 Å². The number of anilines is 2. The molecule has 0 atom stereocenters. The van der Waals surface area contributed by atoms with Crippen LogP contribution < -0.4 is 10.5 Å². The Morgan fingerprint density at radius 1 is 1.22 bits per heavy atom. The molecule has 2 aromatic rings. The molecule has 0 aliphatic rings. The lowest BCUT2D eigenvalue weighted by Crippen LogP contribution is -2.15. The lowest BCUT2D eigenvalue weighted by molar-refractivity contribution is 0.601. The zero-order chi connectivity index (χ0) is 13.2.